The lowest BCUT2D eigenvalue weighted by Gasteiger charge is -2.03. The maximum Gasteiger partial charge on any atom is 0.467 e. The van der Waals surface area contributed by atoms with Gasteiger partial charge < -0.3 is 4.18 Å². The summed E-state index contributed by atoms with van der Waals surface area (Å²) >= 11 is -3.28. The third kappa shape index (κ3) is 5.43. The summed E-state index contributed by atoms with van der Waals surface area (Å²) in [4.78, 5) is 6.80. The summed E-state index contributed by atoms with van der Waals surface area (Å²) in [5.41, 5.74) is 0. The smallest absolute Gasteiger partial charge is 0.338 e. The molecule has 0 bridgehead atoms. The third-order valence-corrected chi connectivity index (χ3v) is 3.88. The van der Waals surface area contributed by atoms with Crippen molar-refractivity contribution in [3.05, 3.63) is 18.6 Å². The molecule has 0 spiro atoms. The minimum Gasteiger partial charge on any atom is -0.338 e. The van der Waals surface area contributed by atoms with Crippen molar-refractivity contribution in [1.82, 2.24) is 9.97 Å². The van der Waals surface area contributed by atoms with Gasteiger partial charge in [-0.2, -0.15) is 21.0 Å². The first-order valence-corrected chi connectivity index (χ1v) is 7.37. The van der Waals surface area contributed by atoms with Gasteiger partial charge in [-0.1, -0.05) is 3.63 Å². The minimum absolute atomic E-state index is 0.571. The second-order valence-corrected chi connectivity index (χ2v) is 5.62. The van der Waals surface area contributed by atoms with Gasteiger partial charge >= 0.3 is 32.2 Å². The Morgan fingerprint density at radius 2 is 1.83 bits per heavy atom. The molecular formula is C4H4N2O9S3. The summed E-state index contributed by atoms with van der Waals surface area (Å²) in [6, 6.07) is 0. The van der Waals surface area contributed by atoms with E-state index in [4.69, 9.17) is 4.55 Å². The highest BCUT2D eigenvalue weighted by atomic mass is 32.3. The standard InChI is InChI=1S/C4H4N2O9S3/c7-16(8)14-18(11,12)15-17(9,10)13-4-3-5-1-2-6-4/h1-3H,(H,7,8). The molecule has 0 saturated carbocycles. The van der Waals surface area contributed by atoms with E-state index in [1.807, 2.05) is 0 Å². The lowest BCUT2D eigenvalue weighted by molar-refractivity contribution is 0.345. The van der Waals surface area contributed by atoms with E-state index < -0.39 is 38.0 Å². The average molecular weight is 320 g/mol. The van der Waals surface area contributed by atoms with Crippen LogP contribution >= 0.6 is 0 Å². The quantitative estimate of drug-likeness (QED) is 0.608. The molecule has 1 aromatic heterocycles. The molecule has 0 aliphatic rings. The monoisotopic (exact) mass is 320 g/mol. The Morgan fingerprint density at radius 3 is 2.33 bits per heavy atom. The molecule has 0 aromatic carbocycles. The number of aromatic nitrogens is 2. The van der Waals surface area contributed by atoms with Gasteiger partial charge in [0.15, 0.2) is 0 Å². The fourth-order valence-corrected chi connectivity index (χ4v) is 2.72. The zero-order valence-corrected chi connectivity index (χ0v) is 10.5. The van der Waals surface area contributed by atoms with Crippen molar-refractivity contribution in [3.63, 3.8) is 0 Å². The Labute approximate surface area is 104 Å². The van der Waals surface area contributed by atoms with Crippen LogP contribution in [0.5, 0.6) is 5.88 Å². The molecule has 1 heterocycles. The van der Waals surface area contributed by atoms with Gasteiger partial charge in [0.1, 0.15) is 0 Å². The van der Waals surface area contributed by atoms with Crippen molar-refractivity contribution in [2.24, 2.45) is 0 Å². The van der Waals surface area contributed by atoms with E-state index in [0.29, 0.717) is 0 Å². The fourth-order valence-electron chi connectivity index (χ4n) is 0.632. The highest BCUT2D eigenvalue weighted by Crippen LogP contribution is 2.10. The van der Waals surface area contributed by atoms with Crippen LogP contribution in [-0.4, -0.2) is 35.6 Å². The number of nitrogens with zero attached hydrogens (tertiary/aromatic N) is 2. The average Bonchev–Trinajstić information content (AvgIpc) is 2.13. The van der Waals surface area contributed by atoms with Gasteiger partial charge in [-0.25, -0.2) is 4.98 Å². The predicted molar refractivity (Wildman–Crippen MR) is 53.4 cm³/mol. The Kier molecular flexibility index (Phi) is 4.65. The van der Waals surface area contributed by atoms with E-state index in [-0.39, 0.29) is 0 Å². The van der Waals surface area contributed by atoms with E-state index in [1.54, 1.807) is 0 Å². The Morgan fingerprint density at radius 1 is 1.17 bits per heavy atom. The molecule has 1 unspecified atom stereocenters. The molecule has 0 fully saturated rings. The molecule has 0 aliphatic carbocycles. The van der Waals surface area contributed by atoms with Gasteiger partial charge in [-0.15, -0.1) is 3.63 Å². The van der Waals surface area contributed by atoms with Crippen LogP contribution in [0.4, 0.5) is 0 Å². The van der Waals surface area contributed by atoms with Gasteiger partial charge in [0, 0.05) is 12.4 Å². The SMILES string of the molecule is O=S(O)OS(=O)(=O)OS(=O)(=O)Oc1cnccn1. The van der Waals surface area contributed by atoms with E-state index in [9.17, 15) is 21.0 Å². The molecule has 1 rings (SSSR count). The summed E-state index contributed by atoms with van der Waals surface area (Å²) in [5, 5.41) is 0. The number of hydrogen-bond donors (Lipinski definition) is 1. The van der Waals surface area contributed by atoms with Gasteiger partial charge in [0.2, 0.25) is 0 Å². The van der Waals surface area contributed by atoms with Crippen molar-refractivity contribution >= 4 is 32.2 Å². The summed E-state index contributed by atoms with van der Waals surface area (Å²) in [6.07, 6.45) is 3.13. The lowest BCUT2D eigenvalue weighted by Crippen LogP contribution is -2.21. The van der Waals surface area contributed by atoms with E-state index in [0.717, 1.165) is 12.4 Å². The van der Waals surface area contributed by atoms with Gasteiger partial charge in [0.05, 0.1) is 6.20 Å². The highest BCUT2D eigenvalue weighted by molar-refractivity contribution is 7.99. The molecule has 1 atom stereocenters. The van der Waals surface area contributed by atoms with Crippen molar-refractivity contribution in [2.45, 2.75) is 0 Å². The van der Waals surface area contributed by atoms with Crippen molar-refractivity contribution in [3.8, 4) is 5.88 Å². The predicted octanol–water partition coefficient (Wildman–Crippen LogP) is -1.49. The van der Waals surface area contributed by atoms with Crippen LogP contribution in [0.3, 0.4) is 0 Å². The number of hydrogen-bond acceptors (Lipinski definition) is 10. The zero-order chi connectivity index (χ0) is 13.8. The van der Waals surface area contributed by atoms with Gasteiger partial charge in [-0.3, -0.25) is 9.54 Å². The molecule has 102 valence electrons. The topological polar surface area (TPSA) is 159 Å². The van der Waals surface area contributed by atoms with Crippen molar-refractivity contribution in [2.75, 3.05) is 0 Å². The second kappa shape index (κ2) is 5.63. The molecule has 18 heavy (non-hydrogen) atoms. The molecule has 1 aromatic rings. The molecule has 0 aliphatic heterocycles. The zero-order valence-electron chi connectivity index (χ0n) is 8.06. The second-order valence-electron chi connectivity index (χ2n) is 2.30. The van der Waals surface area contributed by atoms with Crippen LogP contribution in [-0.2, 0) is 39.4 Å². The van der Waals surface area contributed by atoms with Crippen LogP contribution in [0.1, 0.15) is 0 Å². The van der Waals surface area contributed by atoms with E-state index >= 15 is 0 Å². The Bertz CT molecular complexity index is 623. The Balaban J connectivity index is 2.81. The van der Waals surface area contributed by atoms with Crippen LogP contribution in [0, 0.1) is 0 Å². The summed E-state index contributed by atoms with van der Waals surface area (Å²) in [5.74, 6) is -0.571. The largest absolute Gasteiger partial charge is 0.467 e. The van der Waals surface area contributed by atoms with E-state index in [1.165, 1.54) is 6.20 Å². The molecule has 0 amide bonds. The number of rotatable bonds is 6. The summed E-state index contributed by atoms with van der Waals surface area (Å²) < 4.78 is 72.5. The molecule has 0 radical (unpaired) electrons. The summed E-state index contributed by atoms with van der Waals surface area (Å²) in [6.45, 7) is 0. The normalized spacial score (nSPS) is 14.1. The molecule has 0 saturated heterocycles. The molecule has 11 nitrogen and oxygen atoms in total. The van der Waals surface area contributed by atoms with Crippen LogP contribution < -0.4 is 4.18 Å². The maximum atomic E-state index is 11.0. The molecule has 1 N–H and O–H groups in total. The minimum atomic E-state index is -5.27. The third-order valence-electron chi connectivity index (χ3n) is 1.04. The maximum absolute atomic E-state index is 11.0. The van der Waals surface area contributed by atoms with E-state index in [2.05, 4.69) is 21.4 Å². The highest BCUT2D eigenvalue weighted by Gasteiger charge is 2.28. The fraction of sp³-hybridized carbons (Fsp3) is 0. The van der Waals surface area contributed by atoms with Crippen molar-refractivity contribution in [1.29, 1.82) is 0 Å². The molecular weight excluding hydrogens is 316 g/mol. The van der Waals surface area contributed by atoms with Gasteiger partial charge in [0.25, 0.3) is 5.88 Å². The first-order valence-electron chi connectivity index (χ1n) is 3.67. The lowest BCUT2D eigenvalue weighted by atomic mass is 10.7. The Hall–Kier alpha value is -1.19. The first kappa shape index (κ1) is 14.9. The van der Waals surface area contributed by atoms with Crippen LogP contribution in [0.25, 0.3) is 0 Å². The van der Waals surface area contributed by atoms with Crippen molar-refractivity contribution < 1.29 is 37.0 Å². The van der Waals surface area contributed by atoms with Crippen LogP contribution in [0.15, 0.2) is 18.6 Å². The molecule has 14 heteroatoms. The first-order chi connectivity index (χ1) is 8.20. The van der Waals surface area contributed by atoms with Gasteiger partial charge in [-0.05, 0) is 0 Å². The summed E-state index contributed by atoms with van der Waals surface area (Å²) in [7, 11) is -10.4. The van der Waals surface area contributed by atoms with Crippen LogP contribution in [0.2, 0.25) is 0 Å².